The van der Waals surface area contributed by atoms with Crippen molar-refractivity contribution in [1.29, 1.82) is 0 Å². The summed E-state index contributed by atoms with van der Waals surface area (Å²) in [4.78, 5) is 43.7. The Balaban J connectivity index is 1.45. The Hall–Kier alpha value is -5.75. The van der Waals surface area contributed by atoms with Crippen molar-refractivity contribution in [3.63, 3.8) is 0 Å². The molecule has 0 radical (unpaired) electrons. The Morgan fingerprint density at radius 3 is 2.58 bits per heavy atom. The fourth-order valence-electron chi connectivity index (χ4n) is 5.17. The number of methoxy groups -OCH3 is 2. The summed E-state index contributed by atoms with van der Waals surface area (Å²) in [7, 11) is 3.01. The molecule has 226 valence electrons. The first kappa shape index (κ1) is 29.3. The van der Waals surface area contributed by atoms with Gasteiger partial charge in [0.1, 0.15) is 23.0 Å². The zero-order valence-corrected chi connectivity index (χ0v) is 25.2. The lowest BCUT2D eigenvalue weighted by molar-refractivity contribution is -0.384. The third kappa shape index (κ3) is 5.66. The van der Waals surface area contributed by atoms with Gasteiger partial charge in [0, 0.05) is 23.9 Å². The molecule has 3 aromatic carbocycles. The average Bonchev–Trinajstić information content (AvgIpc) is 3.64. The van der Waals surface area contributed by atoms with Crippen LogP contribution in [0.15, 0.2) is 110 Å². The summed E-state index contributed by atoms with van der Waals surface area (Å²) in [5.41, 5.74) is 2.00. The molecule has 3 heterocycles. The van der Waals surface area contributed by atoms with Gasteiger partial charge in [0.2, 0.25) is 0 Å². The first-order chi connectivity index (χ1) is 21.8. The molecular weight excluding hydrogens is 596 g/mol. The summed E-state index contributed by atoms with van der Waals surface area (Å²) < 4.78 is 18.7. The first-order valence-corrected chi connectivity index (χ1v) is 14.5. The number of benzene rings is 3. The lowest BCUT2D eigenvalue weighted by Crippen LogP contribution is -2.40. The van der Waals surface area contributed by atoms with Gasteiger partial charge in [0.25, 0.3) is 17.2 Å². The van der Waals surface area contributed by atoms with Crippen LogP contribution in [0, 0.1) is 10.1 Å². The first-order valence-electron chi connectivity index (χ1n) is 13.7. The van der Waals surface area contributed by atoms with Crippen molar-refractivity contribution < 1.29 is 23.6 Å². The number of thiazole rings is 1. The number of fused-ring (bicyclic) bond motifs is 1. The minimum atomic E-state index is -0.788. The number of rotatable bonds is 8. The molecule has 45 heavy (non-hydrogen) atoms. The van der Waals surface area contributed by atoms with E-state index < -0.39 is 11.0 Å². The number of para-hydroxylation sites is 1. The predicted molar refractivity (Wildman–Crippen MR) is 169 cm³/mol. The SMILES string of the molecule is COc1cccc(C2C(C(=O)Nc3ccccc3)=C(C)N=c3s/c(=C\c4ccc(-c5cc([N+](=O)[O-])ccc5OC)o4)c(=O)n32)c1. The van der Waals surface area contributed by atoms with E-state index in [-0.39, 0.29) is 17.2 Å². The fraction of sp³-hybridized carbons (Fsp3) is 0.121. The Bertz CT molecular complexity index is 2160. The number of carbonyl (C=O) groups is 1. The normalized spacial score (nSPS) is 14.5. The second-order valence-electron chi connectivity index (χ2n) is 10.0. The number of non-ortho nitro benzene ring substituents is 1. The summed E-state index contributed by atoms with van der Waals surface area (Å²) in [6.07, 6.45) is 1.59. The highest BCUT2D eigenvalue weighted by Gasteiger charge is 2.33. The van der Waals surface area contributed by atoms with E-state index in [4.69, 9.17) is 13.9 Å². The van der Waals surface area contributed by atoms with Crippen LogP contribution in [0.2, 0.25) is 0 Å². The van der Waals surface area contributed by atoms with Gasteiger partial charge in [0.05, 0.1) is 46.6 Å². The summed E-state index contributed by atoms with van der Waals surface area (Å²) >= 11 is 1.16. The van der Waals surface area contributed by atoms with Crippen LogP contribution in [0.1, 0.15) is 24.3 Å². The molecule has 0 saturated carbocycles. The van der Waals surface area contributed by atoms with Crippen molar-refractivity contribution in [1.82, 2.24) is 4.57 Å². The second-order valence-corrected chi connectivity index (χ2v) is 11.0. The largest absolute Gasteiger partial charge is 0.497 e. The van der Waals surface area contributed by atoms with Crippen LogP contribution in [0.5, 0.6) is 11.5 Å². The molecule has 6 rings (SSSR count). The number of nitrogens with one attached hydrogen (secondary N) is 1. The molecule has 0 spiro atoms. The van der Waals surface area contributed by atoms with E-state index in [9.17, 15) is 19.7 Å². The van der Waals surface area contributed by atoms with Crippen LogP contribution in [-0.4, -0.2) is 29.6 Å². The van der Waals surface area contributed by atoms with Gasteiger partial charge in [-0.25, -0.2) is 4.99 Å². The molecular formula is C33H26N4O7S. The van der Waals surface area contributed by atoms with Gasteiger partial charge in [-0.1, -0.05) is 41.7 Å². The topological polar surface area (TPSA) is 138 Å². The number of nitro benzene ring substituents is 1. The zero-order chi connectivity index (χ0) is 31.7. The highest BCUT2D eigenvalue weighted by Crippen LogP contribution is 2.35. The number of nitrogens with zero attached hydrogens (tertiary/aromatic N) is 3. The molecule has 1 aliphatic heterocycles. The molecule has 1 atom stereocenters. The molecule has 2 aromatic heterocycles. The molecule has 1 aliphatic rings. The molecule has 0 saturated heterocycles. The van der Waals surface area contributed by atoms with Gasteiger partial charge in [-0.05, 0) is 55.0 Å². The van der Waals surface area contributed by atoms with Gasteiger partial charge in [0.15, 0.2) is 4.80 Å². The van der Waals surface area contributed by atoms with Gasteiger partial charge in [-0.3, -0.25) is 24.3 Å². The average molecular weight is 623 g/mol. The maximum atomic E-state index is 14.0. The Kier molecular flexibility index (Phi) is 7.88. The van der Waals surface area contributed by atoms with Crippen molar-refractivity contribution in [2.75, 3.05) is 19.5 Å². The van der Waals surface area contributed by atoms with E-state index in [1.807, 2.05) is 24.3 Å². The van der Waals surface area contributed by atoms with E-state index in [0.29, 0.717) is 60.4 Å². The molecule has 0 bridgehead atoms. The molecule has 0 aliphatic carbocycles. The number of hydrogen-bond donors (Lipinski definition) is 1. The van der Waals surface area contributed by atoms with E-state index in [2.05, 4.69) is 10.3 Å². The van der Waals surface area contributed by atoms with Crippen LogP contribution in [0.25, 0.3) is 17.4 Å². The van der Waals surface area contributed by atoms with E-state index in [0.717, 1.165) is 11.3 Å². The van der Waals surface area contributed by atoms with Crippen molar-refractivity contribution in [2.24, 2.45) is 4.99 Å². The van der Waals surface area contributed by atoms with Crippen LogP contribution >= 0.6 is 11.3 Å². The maximum absolute atomic E-state index is 14.0. The Labute approximate surface area is 260 Å². The predicted octanol–water partition coefficient (Wildman–Crippen LogP) is 5.06. The molecule has 1 N–H and O–H groups in total. The standard InChI is InChI=1S/C33H26N4O7S/c1-19-29(31(38)35-21-9-5-4-6-10-21)30(20-8-7-11-23(16-20)42-2)36-32(39)28(45-33(36)34-19)18-24-13-15-27(44-24)25-17-22(37(40)41)12-14-26(25)43-3/h4-18,30H,1-3H3,(H,35,38)/b28-18-. The number of hydrogen-bond acceptors (Lipinski definition) is 9. The van der Waals surface area contributed by atoms with Gasteiger partial charge in [-0.15, -0.1) is 0 Å². The number of aromatic nitrogens is 1. The number of ether oxygens (including phenoxy) is 2. The van der Waals surface area contributed by atoms with Gasteiger partial charge in [-0.2, -0.15) is 0 Å². The van der Waals surface area contributed by atoms with Crippen LogP contribution in [-0.2, 0) is 4.79 Å². The van der Waals surface area contributed by atoms with Gasteiger partial charge < -0.3 is 19.2 Å². The van der Waals surface area contributed by atoms with Crippen molar-refractivity contribution in [3.05, 3.63) is 137 Å². The highest BCUT2D eigenvalue weighted by atomic mass is 32.1. The Morgan fingerprint density at radius 1 is 1.04 bits per heavy atom. The Morgan fingerprint density at radius 2 is 1.84 bits per heavy atom. The van der Waals surface area contributed by atoms with E-state index in [1.54, 1.807) is 62.6 Å². The lowest BCUT2D eigenvalue weighted by atomic mass is 9.95. The molecule has 12 heteroatoms. The molecule has 5 aromatic rings. The number of allylic oxidation sites excluding steroid dienone is 1. The minimum absolute atomic E-state index is 0.114. The lowest BCUT2D eigenvalue weighted by Gasteiger charge is -2.25. The monoisotopic (exact) mass is 622 g/mol. The highest BCUT2D eigenvalue weighted by molar-refractivity contribution is 7.07. The van der Waals surface area contributed by atoms with Crippen LogP contribution < -0.4 is 29.7 Å². The number of nitro groups is 1. The fourth-order valence-corrected chi connectivity index (χ4v) is 6.19. The maximum Gasteiger partial charge on any atom is 0.271 e. The second kappa shape index (κ2) is 12.1. The third-order valence-corrected chi connectivity index (χ3v) is 8.25. The summed E-state index contributed by atoms with van der Waals surface area (Å²) in [6.45, 7) is 1.75. The molecule has 1 unspecified atom stereocenters. The summed E-state index contributed by atoms with van der Waals surface area (Å²) in [5, 5.41) is 14.3. The number of anilines is 1. The van der Waals surface area contributed by atoms with Crippen LogP contribution in [0.3, 0.4) is 0 Å². The molecule has 11 nitrogen and oxygen atoms in total. The van der Waals surface area contributed by atoms with Gasteiger partial charge >= 0.3 is 0 Å². The quantitative estimate of drug-likeness (QED) is 0.189. The minimum Gasteiger partial charge on any atom is -0.497 e. The number of amides is 1. The van der Waals surface area contributed by atoms with Crippen molar-refractivity contribution in [2.45, 2.75) is 13.0 Å². The number of furan rings is 1. The van der Waals surface area contributed by atoms with Crippen molar-refractivity contribution >= 4 is 34.7 Å². The molecule has 1 amide bonds. The van der Waals surface area contributed by atoms with E-state index in [1.165, 1.54) is 29.9 Å². The third-order valence-electron chi connectivity index (χ3n) is 7.27. The summed E-state index contributed by atoms with van der Waals surface area (Å²) in [5.74, 6) is 1.27. The molecule has 0 fully saturated rings. The van der Waals surface area contributed by atoms with Crippen LogP contribution in [0.4, 0.5) is 11.4 Å². The van der Waals surface area contributed by atoms with E-state index >= 15 is 0 Å². The smallest absolute Gasteiger partial charge is 0.271 e. The number of carbonyl (C=O) groups excluding carboxylic acids is 1. The van der Waals surface area contributed by atoms with Crippen molar-refractivity contribution in [3.8, 4) is 22.8 Å². The summed E-state index contributed by atoms with van der Waals surface area (Å²) in [6, 6.07) is 23.0. The zero-order valence-electron chi connectivity index (χ0n) is 24.3.